The summed E-state index contributed by atoms with van der Waals surface area (Å²) < 4.78 is 4.21. The minimum absolute atomic E-state index is 0.146. The molecular weight excluding hydrogens is 280 g/mol. The van der Waals surface area contributed by atoms with Crippen LogP contribution in [0.2, 0.25) is 0 Å². The SMILES string of the molecule is Cc1nsc(N2CCC(C(=O)N3CCSCC3)C2)n1. The molecule has 1 atom stereocenters. The van der Waals surface area contributed by atoms with Crippen molar-refractivity contribution in [2.45, 2.75) is 13.3 Å². The fraction of sp³-hybridized carbons (Fsp3) is 0.750. The second kappa shape index (κ2) is 5.66. The minimum atomic E-state index is 0.146. The van der Waals surface area contributed by atoms with E-state index < -0.39 is 0 Å². The highest BCUT2D eigenvalue weighted by molar-refractivity contribution is 7.99. The van der Waals surface area contributed by atoms with Crippen molar-refractivity contribution in [3.63, 3.8) is 0 Å². The van der Waals surface area contributed by atoms with Crippen LogP contribution in [0.15, 0.2) is 0 Å². The Bertz CT molecular complexity index is 458. The van der Waals surface area contributed by atoms with Gasteiger partial charge in [-0.05, 0) is 13.3 Å². The standard InChI is InChI=1S/C12H18N4OS2/c1-9-13-12(19-14-9)16-3-2-10(8-16)11(17)15-4-6-18-7-5-15/h10H,2-8H2,1H3. The van der Waals surface area contributed by atoms with Gasteiger partial charge in [0, 0.05) is 49.2 Å². The molecular formula is C12H18N4OS2. The van der Waals surface area contributed by atoms with E-state index in [2.05, 4.69) is 14.3 Å². The van der Waals surface area contributed by atoms with Gasteiger partial charge in [0.1, 0.15) is 5.82 Å². The van der Waals surface area contributed by atoms with Crippen LogP contribution in [0.5, 0.6) is 0 Å². The van der Waals surface area contributed by atoms with Gasteiger partial charge < -0.3 is 9.80 Å². The van der Waals surface area contributed by atoms with Crippen LogP contribution in [0.25, 0.3) is 0 Å². The minimum Gasteiger partial charge on any atom is -0.346 e. The lowest BCUT2D eigenvalue weighted by molar-refractivity contribution is -0.134. The number of rotatable bonds is 2. The number of anilines is 1. The Morgan fingerprint density at radius 3 is 2.79 bits per heavy atom. The molecule has 0 saturated carbocycles. The highest BCUT2D eigenvalue weighted by Gasteiger charge is 2.33. The zero-order valence-corrected chi connectivity index (χ0v) is 12.7. The molecule has 104 valence electrons. The third kappa shape index (κ3) is 2.86. The molecule has 0 radical (unpaired) electrons. The van der Waals surface area contributed by atoms with Gasteiger partial charge in [0.05, 0.1) is 5.92 Å². The lowest BCUT2D eigenvalue weighted by Crippen LogP contribution is -2.42. The molecule has 19 heavy (non-hydrogen) atoms. The number of hydrogen-bond donors (Lipinski definition) is 0. The van der Waals surface area contributed by atoms with Gasteiger partial charge in [0.2, 0.25) is 11.0 Å². The molecule has 1 unspecified atom stereocenters. The van der Waals surface area contributed by atoms with Crippen molar-refractivity contribution in [3.8, 4) is 0 Å². The van der Waals surface area contributed by atoms with Crippen LogP contribution in [0.4, 0.5) is 5.13 Å². The first-order valence-corrected chi connectivity index (χ1v) is 8.58. The maximum Gasteiger partial charge on any atom is 0.227 e. The van der Waals surface area contributed by atoms with Crippen LogP contribution in [0, 0.1) is 12.8 Å². The Morgan fingerprint density at radius 2 is 2.11 bits per heavy atom. The van der Waals surface area contributed by atoms with Crippen LogP contribution in [0.3, 0.4) is 0 Å². The molecule has 3 heterocycles. The molecule has 0 spiro atoms. The van der Waals surface area contributed by atoms with Crippen LogP contribution >= 0.6 is 23.3 Å². The molecule has 1 amide bonds. The van der Waals surface area contributed by atoms with Crippen LogP contribution in [0.1, 0.15) is 12.2 Å². The van der Waals surface area contributed by atoms with E-state index in [0.717, 1.165) is 55.1 Å². The molecule has 1 aromatic rings. The topological polar surface area (TPSA) is 49.3 Å². The van der Waals surface area contributed by atoms with Crippen molar-refractivity contribution in [2.75, 3.05) is 42.6 Å². The molecule has 2 aliphatic heterocycles. The Balaban J connectivity index is 1.60. The first-order chi connectivity index (χ1) is 9.24. The summed E-state index contributed by atoms with van der Waals surface area (Å²) in [6, 6.07) is 0. The number of hydrogen-bond acceptors (Lipinski definition) is 6. The molecule has 2 saturated heterocycles. The molecule has 5 nitrogen and oxygen atoms in total. The van der Waals surface area contributed by atoms with Gasteiger partial charge in [0.15, 0.2) is 0 Å². The Morgan fingerprint density at radius 1 is 1.32 bits per heavy atom. The monoisotopic (exact) mass is 298 g/mol. The van der Waals surface area contributed by atoms with Crippen molar-refractivity contribution in [1.29, 1.82) is 0 Å². The van der Waals surface area contributed by atoms with Crippen LogP contribution < -0.4 is 4.90 Å². The van der Waals surface area contributed by atoms with Crippen LogP contribution in [-0.4, -0.2) is 57.8 Å². The number of carbonyl (C=O) groups is 1. The largest absolute Gasteiger partial charge is 0.346 e. The van der Waals surface area contributed by atoms with Gasteiger partial charge in [0.25, 0.3) is 0 Å². The van der Waals surface area contributed by atoms with Gasteiger partial charge in [-0.1, -0.05) is 0 Å². The first kappa shape index (κ1) is 13.2. The van der Waals surface area contributed by atoms with E-state index in [4.69, 9.17) is 0 Å². The molecule has 3 rings (SSSR count). The molecule has 0 aromatic carbocycles. The van der Waals surface area contributed by atoms with E-state index in [1.165, 1.54) is 11.5 Å². The molecule has 2 aliphatic rings. The third-order valence-corrected chi connectivity index (χ3v) is 5.46. The van der Waals surface area contributed by atoms with E-state index in [1.807, 2.05) is 23.6 Å². The van der Waals surface area contributed by atoms with E-state index in [0.29, 0.717) is 5.91 Å². The molecule has 0 aliphatic carbocycles. The maximum atomic E-state index is 12.4. The van der Waals surface area contributed by atoms with Gasteiger partial charge in [-0.25, -0.2) is 4.98 Å². The predicted molar refractivity (Wildman–Crippen MR) is 78.9 cm³/mol. The summed E-state index contributed by atoms with van der Waals surface area (Å²) >= 11 is 3.37. The second-order valence-corrected chi connectivity index (χ2v) is 6.95. The lowest BCUT2D eigenvalue weighted by atomic mass is 10.1. The number of nitrogens with zero attached hydrogens (tertiary/aromatic N) is 4. The molecule has 0 N–H and O–H groups in total. The van der Waals surface area contributed by atoms with Crippen molar-refractivity contribution in [3.05, 3.63) is 5.82 Å². The number of amides is 1. The second-order valence-electron chi connectivity index (χ2n) is 4.99. The Kier molecular flexibility index (Phi) is 3.93. The highest BCUT2D eigenvalue weighted by atomic mass is 32.2. The van der Waals surface area contributed by atoms with Crippen molar-refractivity contribution < 1.29 is 4.79 Å². The maximum absolute atomic E-state index is 12.4. The van der Waals surface area contributed by atoms with E-state index in [-0.39, 0.29) is 5.92 Å². The normalized spacial score (nSPS) is 23.9. The zero-order valence-electron chi connectivity index (χ0n) is 11.0. The summed E-state index contributed by atoms with van der Waals surface area (Å²) in [4.78, 5) is 21.1. The quantitative estimate of drug-likeness (QED) is 0.822. The smallest absolute Gasteiger partial charge is 0.227 e. The molecule has 7 heteroatoms. The van der Waals surface area contributed by atoms with Crippen molar-refractivity contribution >= 4 is 34.3 Å². The Hall–Kier alpha value is -0.820. The van der Waals surface area contributed by atoms with Gasteiger partial charge in [-0.3, -0.25) is 4.79 Å². The molecule has 0 bridgehead atoms. The fourth-order valence-corrected chi connectivity index (χ4v) is 4.20. The van der Waals surface area contributed by atoms with E-state index in [1.54, 1.807) is 0 Å². The summed E-state index contributed by atoms with van der Waals surface area (Å²) in [6.45, 7) is 5.46. The summed E-state index contributed by atoms with van der Waals surface area (Å²) in [7, 11) is 0. The van der Waals surface area contributed by atoms with Crippen LogP contribution in [-0.2, 0) is 4.79 Å². The number of thioether (sulfide) groups is 1. The van der Waals surface area contributed by atoms with Gasteiger partial charge in [-0.2, -0.15) is 16.1 Å². The van der Waals surface area contributed by atoms with Crippen molar-refractivity contribution in [1.82, 2.24) is 14.3 Å². The average molecular weight is 298 g/mol. The predicted octanol–water partition coefficient (Wildman–Crippen LogP) is 1.25. The lowest BCUT2D eigenvalue weighted by Gasteiger charge is -2.28. The fourth-order valence-electron chi connectivity index (χ4n) is 2.59. The summed E-state index contributed by atoms with van der Waals surface area (Å²) in [6.07, 6.45) is 0.946. The molecule has 2 fully saturated rings. The highest BCUT2D eigenvalue weighted by Crippen LogP contribution is 2.27. The number of aryl methyl sites for hydroxylation is 1. The zero-order chi connectivity index (χ0) is 13.2. The Labute approximate surface area is 121 Å². The summed E-state index contributed by atoms with van der Waals surface area (Å²) in [5.41, 5.74) is 0. The number of carbonyl (C=O) groups excluding carboxylic acids is 1. The number of aromatic nitrogens is 2. The molecule has 1 aromatic heterocycles. The van der Waals surface area contributed by atoms with Gasteiger partial charge in [-0.15, -0.1) is 0 Å². The van der Waals surface area contributed by atoms with Crippen molar-refractivity contribution in [2.24, 2.45) is 5.92 Å². The third-order valence-electron chi connectivity index (χ3n) is 3.65. The average Bonchev–Trinajstić information content (AvgIpc) is 3.07. The summed E-state index contributed by atoms with van der Waals surface area (Å²) in [5.74, 6) is 3.47. The summed E-state index contributed by atoms with van der Waals surface area (Å²) in [5, 5.41) is 0.960. The van der Waals surface area contributed by atoms with E-state index in [9.17, 15) is 4.79 Å². The van der Waals surface area contributed by atoms with E-state index >= 15 is 0 Å². The van der Waals surface area contributed by atoms with Gasteiger partial charge >= 0.3 is 0 Å². The first-order valence-electron chi connectivity index (χ1n) is 6.66.